The number of urea groups is 1. The van der Waals surface area contributed by atoms with Gasteiger partial charge in [0.2, 0.25) is 13.0 Å². The zero-order valence-electron chi connectivity index (χ0n) is 18.2. The van der Waals surface area contributed by atoms with Crippen molar-refractivity contribution in [2.75, 3.05) is 18.7 Å². The van der Waals surface area contributed by atoms with Crippen LogP contribution in [0.25, 0.3) is 0 Å². The van der Waals surface area contributed by atoms with Crippen molar-refractivity contribution in [2.24, 2.45) is 4.99 Å². The lowest BCUT2D eigenvalue weighted by molar-refractivity contribution is -0.119. The topological polar surface area (TPSA) is 92.3 Å². The summed E-state index contributed by atoms with van der Waals surface area (Å²) in [6.45, 7) is 0.359. The predicted molar refractivity (Wildman–Crippen MR) is 124 cm³/mol. The first-order valence-corrected chi connectivity index (χ1v) is 10.6. The molecule has 0 aliphatic carbocycles. The second-order valence-corrected chi connectivity index (χ2v) is 7.79. The minimum Gasteiger partial charge on any atom is -0.454 e. The monoisotopic (exact) mass is 460 g/mol. The van der Waals surface area contributed by atoms with Crippen LogP contribution in [0.4, 0.5) is 14.9 Å². The van der Waals surface area contributed by atoms with E-state index in [9.17, 15) is 14.0 Å². The van der Waals surface area contributed by atoms with Gasteiger partial charge in [0.1, 0.15) is 5.82 Å². The number of para-hydroxylation sites is 1. The van der Waals surface area contributed by atoms with Crippen molar-refractivity contribution in [2.45, 2.75) is 12.7 Å². The number of likely N-dealkylation sites (N-methyl/N-ethyl adjacent to an activating group) is 1. The number of hydrogen-bond donors (Lipinski definition) is 2. The highest BCUT2D eigenvalue weighted by molar-refractivity contribution is 6.20. The quantitative estimate of drug-likeness (QED) is 0.626. The number of nitrogens with one attached hydrogen (secondary N) is 2. The Bertz CT molecular complexity index is 1310. The molecule has 2 aliphatic heterocycles. The average molecular weight is 460 g/mol. The van der Waals surface area contributed by atoms with Crippen molar-refractivity contribution in [3.05, 3.63) is 89.2 Å². The molecule has 0 fully saturated rings. The highest BCUT2D eigenvalue weighted by Gasteiger charge is 2.31. The van der Waals surface area contributed by atoms with E-state index in [1.54, 1.807) is 61.6 Å². The first-order valence-electron chi connectivity index (χ1n) is 10.6. The molecule has 9 heteroatoms. The second kappa shape index (κ2) is 8.86. The zero-order valence-corrected chi connectivity index (χ0v) is 18.2. The fourth-order valence-corrected chi connectivity index (χ4v) is 3.89. The van der Waals surface area contributed by atoms with E-state index in [2.05, 4.69) is 15.6 Å². The normalized spacial score (nSPS) is 16.4. The fourth-order valence-electron chi connectivity index (χ4n) is 3.89. The molecule has 2 aliphatic rings. The molecule has 1 unspecified atom stereocenters. The lowest BCUT2D eigenvalue weighted by Gasteiger charge is -2.21. The van der Waals surface area contributed by atoms with Crippen LogP contribution in [0.5, 0.6) is 11.5 Å². The Hall–Kier alpha value is -4.40. The molecule has 1 atom stereocenters. The summed E-state index contributed by atoms with van der Waals surface area (Å²) in [5.41, 5.74) is 2.48. The van der Waals surface area contributed by atoms with Crippen LogP contribution in [0.1, 0.15) is 16.7 Å². The molecule has 34 heavy (non-hydrogen) atoms. The van der Waals surface area contributed by atoms with Crippen LogP contribution in [-0.2, 0) is 11.3 Å². The molecular weight excluding hydrogens is 439 g/mol. The van der Waals surface area contributed by atoms with Crippen molar-refractivity contribution in [1.82, 2.24) is 10.6 Å². The molecule has 3 aromatic carbocycles. The van der Waals surface area contributed by atoms with Gasteiger partial charge in [-0.15, -0.1) is 0 Å². The largest absolute Gasteiger partial charge is 0.454 e. The number of ether oxygens (including phenoxy) is 2. The summed E-state index contributed by atoms with van der Waals surface area (Å²) in [7, 11) is 1.60. The predicted octanol–water partition coefficient (Wildman–Crippen LogP) is 3.19. The fraction of sp³-hybridized carbons (Fsp3) is 0.160. The van der Waals surface area contributed by atoms with E-state index in [0.717, 1.165) is 5.56 Å². The Labute approximate surface area is 195 Å². The number of carbonyl (C=O) groups is 2. The van der Waals surface area contributed by atoms with Crippen LogP contribution in [0.15, 0.2) is 71.7 Å². The van der Waals surface area contributed by atoms with Crippen molar-refractivity contribution < 1.29 is 23.5 Å². The van der Waals surface area contributed by atoms with Crippen LogP contribution in [0.3, 0.4) is 0 Å². The molecule has 3 aromatic rings. The zero-order chi connectivity index (χ0) is 23.7. The van der Waals surface area contributed by atoms with E-state index in [4.69, 9.17) is 9.47 Å². The van der Waals surface area contributed by atoms with Gasteiger partial charge in [0.05, 0.1) is 11.4 Å². The van der Waals surface area contributed by atoms with Gasteiger partial charge in [-0.2, -0.15) is 0 Å². The number of anilines is 1. The third-order valence-corrected chi connectivity index (χ3v) is 5.63. The number of amides is 3. The van der Waals surface area contributed by atoms with Crippen LogP contribution in [-0.4, -0.2) is 37.7 Å². The Balaban J connectivity index is 1.40. The van der Waals surface area contributed by atoms with Gasteiger partial charge in [0, 0.05) is 24.7 Å². The highest BCUT2D eigenvalue weighted by atomic mass is 19.1. The second-order valence-electron chi connectivity index (χ2n) is 7.79. The number of nitrogens with zero attached hydrogens (tertiary/aromatic N) is 2. The summed E-state index contributed by atoms with van der Waals surface area (Å²) in [6.07, 6.45) is -1.25. The lowest BCUT2D eigenvalue weighted by atomic mass is 10.00. The van der Waals surface area contributed by atoms with Gasteiger partial charge in [-0.3, -0.25) is 4.79 Å². The molecule has 2 N–H and O–H groups in total. The van der Waals surface area contributed by atoms with Gasteiger partial charge in [-0.25, -0.2) is 14.2 Å². The van der Waals surface area contributed by atoms with E-state index in [1.165, 1.54) is 11.0 Å². The molecular formula is C25H21FN4O4. The number of hydrogen-bond acceptors (Lipinski definition) is 5. The van der Waals surface area contributed by atoms with Crippen molar-refractivity contribution in [1.29, 1.82) is 0 Å². The molecule has 172 valence electrons. The van der Waals surface area contributed by atoms with E-state index >= 15 is 0 Å². The summed E-state index contributed by atoms with van der Waals surface area (Å²) in [6, 6.07) is 18.1. The van der Waals surface area contributed by atoms with E-state index in [1.807, 2.05) is 6.07 Å². The number of benzodiazepines with no additional fused rings is 1. The molecule has 0 aromatic heterocycles. The van der Waals surface area contributed by atoms with Crippen LogP contribution in [0, 0.1) is 5.82 Å². The molecule has 0 radical (unpaired) electrons. The van der Waals surface area contributed by atoms with Crippen LogP contribution in [0.2, 0.25) is 0 Å². The molecule has 2 heterocycles. The van der Waals surface area contributed by atoms with Gasteiger partial charge in [-0.1, -0.05) is 36.4 Å². The Morgan fingerprint density at radius 2 is 1.79 bits per heavy atom. The highest BCUT2D eigenvalue weighted by Crippen LogP contribution is 2.32. The standard InChI is InChI=1S/C25H21FN4O4/c1-30-19-9-5-3-7-17(19)22(16-6-2-4-8-18(16)26)28-23(24(30)31)29-25(32)27-13-15-10-11-20-21(12-15)34-14-33-20/h2-12,23H,13-14H2,1H3,(H2,27,29,32). The van der Waals surface area contributed by atoms with E-state index in [-0.39, 0.29) is 24.6 Å². The minimum absolute atomic E-state index is 0.161. The Kier molecular flexibility index (Phi) is 5.59. The lowest BCUT2D eigenvalue weighted by Crippen LogP contribution is -2.49. The van der Waals surface area contributed by atoms with E-state index < -0.39 is 23.9 Å². The van der Waals surface area contributed by atoms with Gasteiger partial charge >= 0.3 is 6.03 Å². The molecule has 0 bridgehead atoms. The number of rotatable bonds is 4. The third-order valence-electron chi connectivity index (χ3n) is 5.63. The minimum atomic E-state index is -1.25. The molecule has 0 saturated carbocycles. The maximum Gasteiger partial charge on any atom is 0.317 e. The van der Waals surface area contributed by atoms with Gasteiger partial charge < -0.3 is 25.0 Å². The van der Waals surface area contributed by atoms with Crippen molar-refractivity contribution in [3.8, 4) is 11.5 Å². The maximum atomic E-state index is 14.7. The van der Waals surface area contributed by atoms with Gasteiger partial charge in [-0.05, 0) is 35.9 Å². The molecule has 8 nitrogen and oxygen atoms in total. The third kappa shape index (κ3) is 4.03. The van der Waals surface area contributed by atoms with Crippen molar-refractivity contribution >= 4 is 23.3 Å². The van der Waals surface area contributed by atoms with E-state index in [0.29, 0.717) is 22.7 Å². The summed E-state index contributed by atoms with van der Waals surface area (Å²) in [4.78, 5) is 31.7. The van der Waals surface area contributed by atoms with Gasteiger partial charge in [0.25, 0.3) is 5.91 Å². The number of halogens is 1. The Morgan fingerprint density at radius 3 is 2.62 bits per heavy atom. The number of benzene rings is 3. The maximum absolute atomic E-state index is 14.7. The van der Waals surface area contributed by atoms with Crippen LogP contribution >= 0.6 is 0 Å². The first kappa shape index (κ1) is 21.4. The molecule has 3 amide bonds. The number of fused-ring (bicyclic) bond motifs is 2. The summed E-state index contributed by atoms with van der Waals surface area (Å²) in [5.74, 6) is 0.336. The summed E-state index contributed by atoms with van der Waals surface area (Å²) < 4.78 is 25.3. The Morgan fingerprint density at radius 1 is 1.06 bits per heavy atom. The van der Waals surface area contributed by atoms with Crippen LogP contribution < -0.4 is 25.0 Å². The summed E-state index contributed by atoms with van der Waals surface area (Å²) in [5, 5.41) is 5.33. The first-order chi connectivity index (χ1) is 16.5. The molecule has 0 spiro atoms. The smallest absolute Gasteiger partial charge is 0.317 e. The SMILES string of the molecule is CN1C(=O)C(NC(=O)NCc2ccc3c(c2)OCO3)N=C(c2ccccc2F)c2ccccc21. The average Bonchev–Trinajstić information content (AvgIpc) is 3.29. The van der Waals surface area contributed by atoms with Crippen molar-refractivity contribution in [3.63, 3.8) is 0 Å². The van der Waals surface area contributed by atoms with Gasteiger partial charge in [0.15, 0.2) is 11.5 Å². The number of carbonyl (C=O) groups excluding carboxylic acids is 2. The molecule has 0 saturated heterocycles. The molecule has 5 rings (SSSR count). The summed E-state index contributed by atoms with van der Waals surface area (Å²) >= 11 is 0. The number of aliphatic imine (C=N–C) groups is 1.